The molecule has 0 aliphatic heterocycles. The maximum atomic E-state index is 11.4. The van der Waals surface area contributed by atoms with Crippen molar-refractivity contribution in [2.24, 2.45) is 0 Å². The minimum Gasteiger partial charge on any atom is -0.478 e. The predicted molar refractivity (Wildman–Crippen MR) is 91.6 cm³/mol. The Labute approximate surface area is 147 Å². The summed E-state index contributed by atoms with van der Waals surface area (Å²) < 4.78 is 1.53. The molecule has 8 heteroatoms. The summed E-state index contributed by atoms with van der Waals surface area (Å²) in [6.45, 7) is -0.0755. The maximum absolute atomic E-state index is 11.4. The number of carbonyl (C=O) groups excluding carboxylic acids is 1. The summed E-state index contributed by atoms with van der Waals surface area (Å²) in [5.41, 5.74) is 2.63. The van der Waals surface area contributed by atoms with Gasteiger partial charge in [0.15, 0.2) is 5.78 Å². The van der Waals surface area contributed by atoms with Gasteiger partial charge in [0.2, 0.25) is 0 Å². The SMILES string of the molecule is O=C(CO)Cc1cccc(-c2csc(Cn3cc(C(=O)O)cn3)n2)c1. The molecule has 0 saturated carbocycles. The highest BCUT2D eigenvalue weighted by molar-refractivity contribution is 7.09. The van der Waals surface area contributed by atoms with Gasteiger partial charge in [-0.3, -0.25) is 9.48 Å². The molecule has 0 saturated heterocycles. The number of thiazole rings is 1. The molecule has 0 unspecified atom stereocenters. The Morgan fingerprint density at radius 1 is 1.28 bits per heavy atom. The lowest BCUT2D eigenvalue weighted by molar-refractivity contribution is -0.121. The van der Waals surface area contributed by atoms with Crippen LogP contribution in [0.25, 0.3) is 11.3 Å². The Bertz CT molecular complexity index is 916. The van der Waals surface area contributed by atoms with Gasteiger partial charge in [0.25, 0.3) is 0 Å². The first-order valence-corrected chi connectivity index (χ1v) is 8.35. The van der Waals surface area contributed by atoms with Crippen LogP contribution in [0.3, 0.4) is 0 Å². The second-order valence-electron chi connectivity index (χ2n) is 5.43. The lowest BCUT2D eigenvalue weighted by Gasteiger charge is -2.02. The third-order valence-electron chi connectivity index (χ3n) is 3.53. The molecule has 0 aliphatic carbocycles. The zero-order valence-electron chi connectivity index (χ0n) is 13.1. The summed E-state index contributed by atoms with van der Waals surface area (Å²) in [6.07, 6.45) is 2.95. The standard InChI is InChI=1S/C17H15N3O4S/c21-9-14(22)5-11-2-1-3-12(4-11)15-10-25-16(19-15)8-20-7-13(6-18-20)17(23)24/h1-4,6-7,10,21H,5,8-9H2,(H,23,24). The van der Waals surface area contributed by atoms with Crippen molar-refractivity contribution in [1.29, 1.82) is 0 Å². The number of aromatic carboxylic acids is 1. The van der Waals surface area contributed by atoms with E-state index in [1.54, 1.807) is 0 Å². The average Bonchev–Trinajstić information content (AvgIpc) is 3.25. The van der Waals surface area contributed by atoms with E-state index in [9.17, 15) is 9.59 Å². The van der Waals surface area contributed by atoms with E-state index in [0.29, 0.717) is 6.54 Å². The van der Waals surface area contributed by atoms with Crippen molar-refractivity contribution in [3.8, 4) is 11.3 Å². The molecule has 0 fully saturated rings. The number of hydrogen-bond donors (Lipinski definition) is 2. The van der Waals surface area contributed by atoms with Crippen molar-refractivity contribution in [2.45, 2.75) is 13.0 Å². The van der Waals surface area contributed by atoms with E-state index >= 15 is 0 Å². The smallest absolute Gasteiger partial charge is 0.338 e. The third-order valence-corrected chi connectivity index (χ3v) is 4.36. The van der Waals surface area contributed by atoms with Crippen LogP contribution in [0.4, 0.5) is 0 Å². The molecule has 2 aromatic heterocycles. The molecule has 1 aromatic carbocycles. The van der Waals surface area contributed by atoms with E-state index in [1.165, 1.54) is 28.4 Å². The van der Waals surface area contributed by atoms with Gasteiger partial charge in [-0.2, -0.15) is 5.10 Å². The summed E-state index contributed by atoms with van der Waals surface area (Å²) in [6, 6.07) is 7.47. The molecule has 0 amide bonds. The number of aromatic nitrogens is 3. The maximum Gasteiger partial charge on any atom is 0.338 e. The molecule has 7 nitrogen and oxygen atoms in total. The number of carboxylic acids is 1. The van der Waals surface area contributed by atoms with Gasteiger partial charge >= 0.3 is 5.97 Å². The topological polar surface area (TPSA) is 105 Å². The van der Waals surface area contributed by atoms with Crippen molar-refractivity contribution in [3.05, 3.63) is 58.2 Å². The van der Waals surface area contributed by atoms with Gasteiger partial charge in [-0.15, -0.1) is 11.3 Å². The van der Waals surface area contributed by atoms with E-state index in [1.807, 2.05) is 29.6 Å². The molecule has 3 aromatic rings. The Morgan fingerprint density at radius 2 is 2.12 bits per heavy atom. The van der Waals surface area contributed by atoms with Crippen LogP contribution in [-0.4, -0.2) is 43.3 Å². The molecule has 0 atom stereocenters. The molecule has 2 heterocycles. The molecular formula is C17H15N3O4S. The van der Waals surface area contributed by atoms with Crippen LogP contribution in [-0.2, 0) is 17.8 Å². The average molecular weight is 357 g/mol. The van der Waals surface area contributed by atoms with E-state index in [4.69, 9.17) is 10.2 Å². The fraction of sp³-hybridized carbons (Fsp3) is 0.176. The van der Waals surface area contributed by atoms with Gasteiger partial charge < -0.3 is 10.2 Å². The van der Waals surface area contributed by atoms with Crippen LogP contribution in [0.5, 0.6) is 0 Å². The normalized spacial score (nSPS) is 10.8. The summed E-state index contributed by atoms with van der Waals surface area (Å²) in [4.78, 5) is 26.8. The number of Topliss-reactive ketones (excluding diaryl/α,β-unsaturated/α-hetero) is 1. The van der Waals surface area contributed by atoms with E-state index in [-0.39, 0.29) is 17.8 Å². The Morgan fingerprint density at radius 3 is 2.84 bits per heavy atom. The Hall–Kier alpha value is -2.84. The van der Waals surface area contributed by atoms with Crippen molar-refractivity contribution in [2.75, 3.05) is 6.61 Å². The quantitative estimate of drug-likeness (QED) is 0.669. The zero-order chi connectivity index (χ0) is 17.8. The fourth-order valence-corrected chi connectivity index (χ4v) is 3.13. The number of carboxylic acid groups (broad SMARTS) is 1. The number of benzene rings is 1. The number of ketones is 1. The highest BCUT2D eigenvalue weighted by Gasteiger charge is 2.10. The minimum atomic E-state index is -1.01. The molecule has 0 aliphatic rings. The van der Waals surface area contributed by atoms with Crippen molar-refractivity contribution in [3.63, 3.8) is 0 Å². The summed E-state index contributed by atoms with van der Waals surface area (Å²) in [5, 5.41) is 24.5. The Balaban J connectivity index is 1.75. The number of aliphatic hydroxyl groups is 1. The molecule has 0 spiro atoms. The molecular weight excluding hydrogens is 342 g/mol. The Kier molecular flexibility index (Phi) is 5.01. The van der Waals surface area contributed by atoms with Crippen molar-refractivity contribution >= 4 is 23.1 Å². The third kappa shape index (κ3) is 4.17. The van der Waals surface area contributed by atoms with Crippen LogP contribution < -0.4 is 0 Å². The van der Waals surface area contributed by atoms with Gasteiger partial charge in [0, 0.05) is 23.6 Å². The first-order valence-electron chi connectivity index (χ1n) is 7.47. The zero-order valence-corrected chi connectivity index (χ0v) is 13.9. The monoisotopic (exact) mass is 357 g/mol. The van der Waals surface area contributed by atoms with Crippen LogP contribution in [0.1, 0.15) is 20.9 Å². The number of hydrogen-bond acceptors (Lipinski definition) is 6. The first kappa shape index (κ1) is 17.0. The van der Waals surface area contributed by atoms with Crippen LogP contribution in [0.15, 0.2) is 42.0 Å². The lowest BCUT2D eigenvalue weighted by Crippen LogP contribution is -2.07. The van der Waals surface area contributed by atoms with Crippen LogP contribution in [0, 0.1) is 0 Å². The van der Waals surface area contributed by atoms with Crippen molar-refractivity contribution < 1.29 is 19.8 Å². The number of rotatable bonds is 7. The number of carbonyl (C=O) groups is 2. The molecule has 0 radical (unpaired) electrons. The van der Waals surface area contributed by atoms with E-state index in [2.05, 4.69) is 10.1 Å². The second kappa shape index (κ2) is 7.37. The van der Waals surface area contributed by atoms with Crippen molar-refractivity contribution in [1.82, 2.24) is 14.8 Å². The van der Waals surface area contributed by atoms with E-state index in [0.717, 1.165) is 21.8 Å². The van der Waals surface area contributed by atoms with E-state index < -0.39 is 12.6 Å². The van der Waals surface area contributed by atoms with Crippen LogP contribution >= 0.6 is 11.3 Å². The largest absolute Gasteiger partial charge is 0.478 e. The molecule has 3 rings (SSSR count). The molecule has 25 heavy (non-hydrogen) atoms. The molecule has 0 bridgehead atoms. The van der Waals surface area contributed by atoms with Gasteiger partial charge in [0.1, 0.15) is 11.6 Å². The van der Waals surface area contributed by atoms with Gasteiger partial charge in [-0.1, -0.05) is 18.2 Å². The summed E-state index contributed by atoms with van der Waals surface area (Å²) in [5.74, 6) is -1.25. The van der Waals surface area contributed by atoms with Gasteiger partial charge in [-0.25, -0.2) is 9.78 Å². The lowest BCUT2D eigenvalue weighted by atomic mass is 10.0. The summed E-state index contributed by atoms with van der Waals surface area (Å²) in [7, 11) is 0. The number of aliphatic hydroxyl groups excluding tert-OH is 1. The number of nitrogens with zero attached hydrogens (tertiary/aromatic N) is 3. The second-order valence-corrected chi connectivity index (χ2v) is 6.37. The van der Waals surface area contributed by atoms with Gasteiger partial charge in [0.05, 0.1) is 24.0 Å². The van der Waals surface area contributed by atoms with Crippen LogP contribution in [0.2, 0.25) is 0 Å². The summed E-state index contributed by atoms with van der Waals surface area (Å²) >= 11 is 1.45. The highest BCUT2D eigenvalue weighted by atomic mass is 32.1. The first-order chi connectivity index (χ1) is 12.0. The van der Waals surface area contributed by atoms with Gasteiger partial charge in [-0.05, 0) is 11.6 Å². The minimum absolute atomic E-state index is 0.137. The highest BCUT2D eigenvalue weighted by Crippen LogP contribution is 2.23. The molecule has 128 valence electrons. The predicted octanol–water partition coefficient (Wildman–Crippen LogP) is 1.86. The molecule has 2 N–H and O–H groups in total. The fourth-order valence-electron chi connectivity index (χ4n) is 2.34.